The SMILES string of the molecule is Cc1ccc(-c2cc3c(SCC(=O)N[C@@H]4CCc5ccccc54)nccn3n2)cc1C. The molecule has 2 heterocycles. The van der Waals surface area contributed by atoms with Gasteiger partial charge in [-0.15, -0.1) is 0 Å². The van der Waals surface area contributed by atoms with E-state index in [1.807, 2.05) is 22.8 Å². The number of amides is 1. The molecule has 1 N–H and O–H groups in total. The molecule has 0 spiro atoms. The number of nitrogens with one attached hydrogen (secondary N) is 1. The van der Waals surface area contributed by atoms with Gasteiger partial charge in [-0.3, -0.25) is 4.79 Å². The number of aromatic nitrogens is 3. The Morgan fingerprint density at radius 3 is 2.90 bits per heavy atom. The number of carbonyl (C=O) groups is 1. The number of benzene rings is 2. The standard InChI is InChI=1S/C25H24N4OS/c1-16-7-8-19(13-17(16)2)22-14-23-25(26-11-12-29(23)28-22)31-15-24(30)27-21-10-9-18-5-3-4-6-20(18)21/h3-8,11-14,21H,9-10,15H2,1-2H3,(H,27,30)/t21-/m1/s1. The van der Waals surface area contributed by atoms with Gasteiger partial charge in [0.2, 0.25) is 5.91 Å². The highest BCUT2D eigenvalue weighted by Gasteiger charge is 2.23. The number of hydrogen-bond donors (Lipinski definition) is 1. The zero-order valence-electron chi connectivity index (χ0n) is 17.6. The Morgan fingerprint density at radius 2 is 2.03 bits per heavy atom. The maximum absolute atomic E-state index is 12.6. The van der Waals surface area contributed by atoms with Crippen LogP contribution in [0.1, 0.15) is 34.7 Å². The van der Waals surface area contributed by atoms with Gasteiger partial charge < -0.3 is 5.32 Å². The molecule has 0 aliphatic heterocycles. The van der Waals surface area contributed by atoms with Crippen LogP contribution in [0.25, 0.3) is 16.8 Å². The summed E-state index contributed by atoms with van der Waals surface area (Å²) < 4.78 is 1.84. The summed E-state index contributed by atoms with van der Waals surface area (Å²) in [4.78, 5) is 17.1. The van der Waals surface area contributed by atoms with E-state index < -0.39 is 0 Å². The molecular weight excluding hydrogens is 404 g/mol. The van der Waals surface area contributed by atoms with E-state index in [0.717, 1.165) is 34.6 Å². The van der Waals surface area contributed by atoms with E-state index in [0.29, 0.717) is 5.75 Å². The van der Waals surface area contributed by atoms with Crippen molar-refractivity contribution in [3.05, 3.63) is 83.2 Å². The largest absolute Gasteiger partial charge is 0.349 e. The second-order valence-corrected chi connectivity index (χ2v) is 9.00. The van der Waals surface area contributed by atoms with Crippen LogP contribution in [0.2, 0.25) is 0 Å². The molecule has 0 bridgehead atoms. The number of rotatable bonds is 5. The van der Waals surface area contributed by atoms with Crippen LogP contribution in [0.3, 0.4) is 0 Å². The van der Waals surface area contributed by atoms with Crippen molar-refractivity contribution < 1.29 is 4.79 Å². The molecule has 5 rings (SSSR count). The molecule has 0 unspecified atom stereocenters. The summed E-state index contributed by atoms with van der Waals surface area (Å²) in [6.45, 7) is 4.22. The number of carbonyl (C=O) groups excluding carboxylic acids is 1. The normalized spacial score (nSPS) is 15.2. The van der Waals surface area contributed by atoms with Crippen LogP contribution < -0.4 is 5.32 Å². The van der Waals surface area contributed by atoms with Gasteiger partial charge in [0, 0.05) is 18.0 Å². The smallest absolute Gasteiger partial charge is 0.230 e. The van der Waals surface area contributed by atoms with Gasteiger partial charge in [-0.1, -0.05) is 48.2 Å². The summed E-state index contributed by atoms with van der Waals surface area (Å²) in [5.74, 6) is 0.361. The first-order valence-electron chi connectivity index (χ1n) is 10.5. The minimum Gasteiger partial charge on any atom is -0.349 e. The highest BCUT2D eigenvalue weighted by Crippen LogP contribution is 2.31. The molecule has 1 atom stereocenters. The van der Waals surface area contributed by atoms with Gasteiger partial charge in [0.1, 0.15) is 5.03 Å². The second kappa shape index (κ2) is 8.19. The monoisotopic (exact) mass is 428 g/mol. The molecule has 0 saturated carbocycles. The summed E-state index contributed by atoms with van der Waals surface area (Å²) in [6, 6.07) is 16.9. The predicted octanol–water partition coefficient (Wildman–Crippen LogP) is 4.91. The number of thioether (sulfide) groups is 1. The summed E-state index contributed by atoms with van der Waals surface area (Å²) in [5.41, 5.74) is 8.00. The fourth-order valence-electron chi connectivity index (χ4n) is 4.13. The molecule has 6 heteroatoms. The Labute approximate surface area is 185 Å². The van der Waals surface area contributed by atoms with Crippen LogP contribution in [0.4, 0.5) is 0 Å². The first-order valence-corrected chi connectivity index (χ1v) is 11.5. The average molecular weight is 429 g/mol. The number of aryl methyl sites for hydroxylation is 3. The number of fused-ring (bicyclic) bond motifs is 2. The first-order chi connectivity index (χ1) is 15.1. The van der Waals surface area contributed by atoms with Crippen molar-refractivity contribution in [2.45, 2.75) is 37.8 Å². The van der Waals surface area contributed by atoms with Gasteiger partial charge >= 0.3 is 0 Å². The summed E-state index contributed by atoms with van der Waals surface area (Å²) in [5, 5.41) is 8.71. The maximum Gasteiger partial charge on any atom is 0.230 e. The molecule has 1 aliphatic carbocycles. The predicted molar refractivity (Wildman–Crippen MR) is 124 cm³/mol. The van der Waals surface area contributed by atoms with Gasteiger partial charge in [0.05, 0.1) is 23.0 Å². The Bertz CT molecular complexity index is 1280. The fourth-order valence-corrected chi connectivity index (χ4v) is 4.91. The minimum absolute atomic E-state index is 0.0319. The van der Waals surface area contributed by atoms with E-state index >= 15 is 0 Å². The van der Waals surface area contributed by atoms with E-state index in [2.05, 4.69) is 60.5 Å². The Kier molecular flexibility index (Phi) is 5.24. The molecule has 0 radical (unpaired) electrons. The lowest BCUT2D eigenvalue weighted by Gasteiger charge is -2.14. The quantitative estimate of drug-likeness (QED) is 0.459. The van der Waals surface area contributed by atoms with Crippen molar-refractivity contribution in [1.29, 1.82) is 0 Å². The lowest BCUT2D eigenvalue weighted by Crippen LogP contribution is -2.28. The molecule has 1 amide bonds. The molecule has 4 aromatic rings. The van der Waals surface area contributed by atoms with Gasteiger partial charge in [-0.2, -0.15) is 5.10 Å². The van der Waals surface area contributed by atoms with E-state index in [1.54, 1.807) is 6.20 Å². The molecular formula is C25H24N4OS. The molecule has 31 heavy (non-hydrogen) atoms. The van der Waals surface area contributed by atoms with Crippen LogP contribution in [-0.4, -0.2) is 26.3 Å². The highest BCUT2D eigenvalue weighted by molar-refractivity contribution is 8.00. The van der Waals surface area contributed by atoms with E-state index in [4.69, 9.17) is 5.10 Å². The molecule has 5 nitrogen and oxygen atoms in total. The summed E-state index contributed by atoms with van der Waals surface area (Å²) >= 11 is 1.45. The topological polar surface area (TPSA) is 59.3 Å². The average Bonchev–Trinajstić information content (AvgIpc) is 3.39. The fraction of sp³-hybridized carbons (Fsp3) is 0.240. The van der Waals surface area contributed by atoms with Crippen LogP contribution in [0.15, 0.2) is 66.0 Å². The molecule has 2 aromatic carbocycles. The van der Waals surface area contributed by atoms with Gasteiger partial charge in [0.15, 0.2) is 0 Å². The van der Waals surface area contributed by atoms with Crippen LogP contribution in [0, 0.1) is 13.8 Å². The third kappa shape index (κ3) is 3.95. The number of hydrogen-bond acceptors (Lipinski definition) is 4. The van der Waals surface area contributed by atoms with Crippen LogP contribution >= 0.6 is 11.8 Å². The van der Waals surface area contributed by atoms with Crippen LogP contribution in [-0.2, 0) is 11.2 Å². The second-order valence-electron chi connectivity index (χ2n) is 8.04. The van der Waals surface area contributed by atoms with E-state index in [9.17, 15) is 4.79 Å². The van der Waals surface area contributed by atoms with Gasteiger partial charge in [0.25, 0.3) is 0 Å². The molecule has 156 valence electrons. The van der Waals surface area contributed by atoms with Crippen molar-refractivity contribution in [1.82, 2.24) is 19.9 Å². The van der Waals surface area contributed by atoms with Crippen molar-refractivity contribution in [2.24, 2.45) is 0 Å². The van der Waals surface area contributed by atoms with E-state index in [1.165, 1.54) is 34.0 Å². The lowest BCUT2D eigenvalue weighted by molar-refractivity contribution is -0.119. The van der Waals surface area contributed by atoms with Crippen molar-refractivity contribution in [2.75, 3.05) is 5.75 Å². The summed E-state index contributed by atoms with van der Waals surface area (Å²) in [7, 11) is 0. The van der Waals surface area contributed by atoms with Gasteiger partial charge in [-0.25, -0.2) is 9.50 Å². The Balaban J connectivity index is 1.31. The third-order valence-electron chi connectivity index (χ3n) is 5.97. The third-order valence-corrected chi connectivity index (χ3v) is 6.96. The highest BCUT2D eigenvalue weighted by atomic mass is 32.2. The van der Waals surface area contributed by atoms with Crippen molar-refractivity contribution in [3.8, 4) is 11.3 Å². The zero-order valence-corrected chi connectivity index (χ0v) is 18.4. The zero-order chi connectivity index (χ0) is 21.4. The maximum atomic E-state index is 12.6. The Morgan fingerprint density at radius 1 is 1.16 bits per heavy atom. The molecule has 0 saturated heterocycles. The van der Waals surface area contributed by atoms with E-state index in [-0.39, 0.29) is 11.9 Å². The summed E-state index contributed by atoms with van der Waals surface area (Å²) in [6.07, 6.45) is 5.56. The van der Waals surface area contributed by atoms with Crippen molar-refractivity contribution in [3.63, 3.8) is 0 Å². The molecule has 1 aliphatic rings. The van der Waals surface area contributed by atoms with Crippen LogP contribution in [0.5, 0.6) is 0 Å². The minimum atomic E-state index is 0.0319. The molecule has 2 aromatic heterocycles. The van der Waals surface area contributed by atoms with Gasteiger partial charge in [-0.05, 0) is 61.1 Å². The Hall–Kier alpha value is -3.12. The molecule has 0 fully saturated rings. The number of nitrogens with zero attached hydrogens (tertiary/aromatic N) is 3. The van der Waals surface area contributed by atoms with Crippen molar-refractivity contribution >= 4 is 23.2 Å². The lowest BCUT2D eigenvalue weighted by atomic mass is 10.0. The first kappa shape index (κ1) is 19.8.